The minimum absolute atomic E-state index is 0.0677. The Labute approximate surface area is 247 Å². The van der Waals surface area contributed by atoms with Crippen LogP contribution >= 0.6 is 0 Å². The fraction of sp³-hybridized carbons (Fsp3) is 0.353. The van der Waals surface area contributed by atoms with E-state index in [9.17, 15) is 9.59 Å². The summed E-state index contributed by atoms with van der Waals surface area (Å²) in [5.41, 5.74) is 3.35. The zero-order valence-electron chi connectivity index (χ0n) is 24.5. The van der Waals surface area contributed by atoms with Crippen molar-refractivity contribution in [1.82, 2.24) is 15.2 Å². The summed E-state index contributed by atoms with van der Waals surface area (Å²) in [6.07, 6.45) is 7.19. The molecule has 1 heterocycles. The molecule has 0 unspecified atom stereocenters. The number of methoxy groups -OCH3 is 3. The third kappa shape index (κ3) is 6.38. The second kappa shape index (κ2) is 13.5. The molecule has 5 rings (SSSR count). The van der Waals surface area contributed by atoms with Gasteiger partial charge in [0, 0.05) is 29.7 Å². The number of carbonyl (C=O) groups excluding carboxylic acids is 2. The predicted molar refractivity (Wildman–Crippen MR) is 163 cm³/mol. The number of ether oxygens (including phenoxy) is 3. The van der Waals surface area contributed by atoms with E-state index in [1.165, 1.54) is 6.42 Å². The highest BCUT2D eigenvalue weighted by Gasteiger charge is 2.35. The summed E-state index contributed by atoms with van der Waals surface area (Å²) in [7, 11) is 4.63. The molecule has 1 atom stereocenters. The van der Waals surface area contributed by atoms with Crippen LogP contribution in [0.4, 0.5) is 0 Å². The number of aromatic nitrogens is 1. The largest absolute Gasteiger partial charge is 0.493 e. The molecule has 1 fully saturated rings. The fourth-order valence-corrected chi connectivity index (χ4v) is 5.91. The average molecular weight is 570 g/mol. The standard InChI is InChI=1S/C34H39N3O5/c1-40-29-18-24(19-30(41-2)33(29)42-3)32(34(39)36-26-14-8-5-9-15-26)37(22-23-12-6-4-7-13-23)31(38)20-25-21-35-28-17-11-10-16-27(25)28/h4,6-7,10-13,16-19,21,26,32,35H,5,8-9,14-15,20,22H2,1-3H3,(H,36,39)/t32-/m0/s1. The van der Waals surface area contributed by atoms with Crippen LogP contribution in [0.2, 0.25) is 0 Å². The Bertz CT molecular complexity index is 1490. The van der Waals surface area contributed by atoms with E-state index in [4.69, 9.17) is 14.2 Å². The van der Waals surface area contributed by atoms with Gasteiger partial charge in [-0.05, 0) is 47.7 Å². The second-order valence-corrected chi connectivity index (χ2v) is 10.7. The van der Waals surface area contributed by atoms with Gasteiger partial charge in [0.1, 0.15) is 6.04 Å². The zero-order valence-corrected chi connectivity index (χ0v) is 24.5. The maximum Gasteiger partial charge on any atom is 0.247 e. The first kappa shape index (κ1) is 29.0. The van der Waals surface area contributed by atoms with E-state index in [1.807, 2.05) is 60.8 Å². The summed E-state index contributed by atoms with van der Waals surface area (Å²) in [5, 5.41) is 4.27. The second-order valence-electron chi connectivity index (χ2n) is 10.7. The van der Waals surface area contributed by atoms with E-state index >= 15 is 0 Å². The Hall–Kier alpha value is -4.46. The highest BCUT2D eigenvalue weighted by atomic mass is 16.5. The molecular weight excluding hydrogens is 530 g/mol. The monoisotopic (exact) mass is 569 g/mol. The van der Waals surface area contributed by atoms with Crippen LogP contribution in [0.5, 0.6) is 17.2 Å². The number of nitrogens with one attached hydrogen (secondary N) is 2. The van der Waals surface area contributed by atoms with Crippen molar-refractivity contribution in [1.29, 1.82) is 0 Å². The molecule has 4 aromatic rings. The number of aromatic amines is 1. The molecule has 0 aliphatic heterocycles. The number of carbonyl (C=O) groups is 2. The first-order valence-corrected chi connectivity index (χ1v) is 14.5. The van der Waals surface area contributed by atoms with Gasteiger partial charge in [0.05, 0.1) is 27.8 Å². The van der Waals surface area contributed by atoms with Gasteiger partial charge in [-0.25, -0.2) is 0 Å². The van der Waals surface area contributed by atoms with Crippen LogP contribution in [0, 0.1) is 0 Å². The van der Waals surface area contributed by atoms with Crippen LogP contribution in [0.15, 0.2) is 72.9 Å². The molecule has 220 valence electrons. The van der Waals surface area contributed by atoms with E-state index < -0.39 is 6.04 Å². The molecule has 2 N–H and O–H groups in total. The molecule has 8 heteroatoms. The molecule has 0 bridgehead atoms. The molecule has 8 nitrogen and oxygen atoms in total. The maximum absolute atomic E-state index is 14.3. The third-order valence-corrected chi connectivity index (χ3v) is 8.05. The molecule has 42 heavy (non-hydrogen) atoms. The minimum atomic E-state index is -0.932. The smallest absolute Gasteiger partial charge is 0.247 e. The van der Waals surface area contributed by atoms with Gasteiger partial charge in [-0.3, -0.25) is 9.59 Å². The topological polar surface area (TPSA) is 92.9 Å². The lowest BCUT2D eigenvalue weighted by Crippen LogP contribution is -2.47. The van der Waals surface area contributed by atoms with Crippen molar-refractivity contribution in [2.24, 2.45) is 0 Å². The molecule has 1 aromatic heterocycles. The molecular formula is C34H39N3O5. The Morgan fingerprint density at radius 3 is 2.24 bits per heavy atom. The number of hydrogen-bond acceptors (Lipinski definition) is 5. The van der Waals surface area contributed by atoms with Crippen molar-refractivity contribution < 1.29 is 23.8 Å². The molecule has 1 aliphatic carbocycles. The lowest BCUT2D eigenvalue weighted by molar-refractivity contribution is -0.141. The van der Waals surface area contributed by atoms with Gasteiger partial charge in [0.2, 0.25) is 17.6 Å². The van der Waals surface area contributed by atoms with Crippen LogP contribution in [-0.2, 0) is 22.6 Å². The van der Waals surface area contributed by atoms with Crippen molar-refractivity contribution >= 4 is 22.7 Å². The summed E-state index contributed by atoms with van der Waals surface area (Å²) >= 11 is 0. The highest BCUT2D eigenvalue weighted by molar-refractivity contribution is 5.92. The lowest BCUT2D eigenvalue weighted by atomic mass is 9.94. The Kier molecular flexibility index (Phi) is 9.31. The average Bonchev–Trinajstić information content (AvgIpc) is 3.43. The number of H-pyrrole nitrogens is 1. The van der Waals surface area contributed by atoms with Crippen molar-refractivity contribution in [3.8, 4) is 17.2 Å². The van der Waals surface area contributed by atoms with Crippen LogP contribution in [0.3, 0.4) is 0 Å². The number of hydrogen-bond donors (Lipinski definition) is 2. The van der Waals surface area contributed by atoms with Crippen molar-refractivity contribution in [3.05, 3.63) is 89.6 Å². The first-order chi connectivity index (χ1) is 20.5. The molecule has 2 amide bonds. The Morgan fingerprint density at radius 2 is 1.57 bits per heavy atom. The van der Waals surface area contributed by atoms with Crippen molar-refractivity contribution in [3.63, 3.8) is 0 Å². The van der Waals surface area contributed by atoms with E-state index in [2.05, 4.69) is 10.3 Å². The van der Waals surface area contributed by atoms with Crippen LogP contribution in [-0.4, -0.2) is 49.1 Å². The molecule has 0 radical (unpaired) electrons. The summed E-state index contributed by atoms with van der Waals surface area (Å²) in [4.78, 5) is 33.6. The van der Waals surface area contributed by atoms with E-state index in [1.54, 1.807) is 38.4 Å². The number of para-hydroxylation sites is 1. The summed E-state index contributed by atoms with van der Waals surface area (Å²) in [6, 6.07) is 20.3. The number of amides is 2. The Balaban J connectivity index is 1.59. The summed E-state index contributed by atoms with van der Waals surface area (Å²) in [6.45, 7) is 0.251. The lowest BCUT2D eigenvalue weighted by Gasteiger charge is -2.34. The van der Waals surface area contributed by atoms with Gasteiger partial charge >= 0.3 is 0 Å². The molecule has 0 saturated heterocycles. The van der Waals surface area contributed by atoms with E-state index in [0.717, 1.165) is 47.7 Å². The van der Waals surface area contributed by atoms with Gasteiger partial charge in [-0.15, -0.1) is 0 Å². The van der Waals surface area contributed by atoms with E-state index in [0.29, 0.717) is 22.8 Å². The van der Waals surface area contributed by atoms with Crippen LogP contribution in [0.25, 0.3) is 10.9 Å². The number of nitrogens with zero attached hydrogens (tertiary/aromatic N) is 1. The van der Waals surface area contributed by atoms with Gasteiger partial charge in [0.25, 0.3) is 0 Å². The minimum Gasteiger partial charge on any atom is -0.493 e. The van der Waals surface area contributed by atoms with Gasteiger partial charge in [-0.1, -0.05) is 67.8 Å². The van der Waals surface area contributed by atoms with Crippen LogP contribution in [0.1, 0.15) is 54.8 Å². The quantitative estimate of drug-likeness (QED) is 0.233. The first-order valence-electron chi connectivity index (χ1n) is 14.5. The zero-order chi connectivity index (χ0) is 29.5. The molecule has 1 aliphatic rings. The summed E-state index contributed by atoms with van der Waals surface area (Å²) in [5.74, 6) is 0.882. The van der Waals surface area contributed by atoms with Gasteiger partial charge in [0.15, 0.2) is 11.5 Å². The normalized spacial score (nSPS) is 14.3. The molecule has 0 spiro atoms. The molecule has 3 aromatic carbocycles. The molecule has 1 saturated carbocycles. The predicted octanol–water partition coefficient (Wildman–Crippen LogP) is 5.96. The van der Waals surface area contributed by atoms with Crippen LogP contribution < -0.4 is 19.5 Å². The SMILES string of the molecule is COc1cc([C@@H](C(=O)NC2CCCCC2)N(Cc2ccccc2)C(=O)Cc2c[nH]c3ccccc23)cc(OC)c1OC. The highest BCUT2D eigenvalue weighted by Crippen LogP contribution is 2.41. The fourth-order valence-electron chi connectivity index (χ4n) is 5.91. The number of benzene rings is 3. The maximum atomic E-state index is 14.3. The van der Waals surface area contributed by atoms with Crippen molar-refractivity contribution in [2.75, 3.05) is 21.3 Å². The van der Waals surface area contributed by atoms with E-state index in [-0.39, 0.29) is 30.8 Å². The third-order valence-electron chi connectivity index (χ3n) is 8.05. The Morgan fingerprint density at radius 1 is 0.905 bits per heavy atom. The van der Waals surface area contributed by atoms with Gasteiger partial charge < -0.3 is 29.4 Å². The van der Waals surface area contributed by atoms with Gasteiger partial charge in [-0.2, -0.15) is 0 Å². The summed E-state index contributed by atoms with van der Waals surface area (Å²) < 4.78 is 16.8. The number of rotatable bonds is 11. The van der Waals surface area contributed by atoms with Crippen molar-refractivity contribution in [2.45, 2.75) is 57.2 Å². The number of fused-ring (bicyclic) bond motifs is 1.